The van der Waals surface area contributed by atoms with Crippen molar-refractivity contribution in [3.63, 3.8) is 0 Å². The molecule has 1 atom stereocenters. The molecule has 4 nitrogen and oxygen atoms in total. The van der Waals surface area contributed by atoms with Gasteiger partial charge in [-0.2, -0.15) is 0 Å². The topological polar surface area (TPSA) is 51.2 Å². The summed E-state index contributed by atoms with van der Waals surface area (Å²) in [5.41, 5.74) is 1.26. The highest BCUT2D eigenvalue weighted by atomic mass is 35.5. The molecule has 0 spiro atoms. The second kappa shape index (κ2) is 6.78. The second-order valence-electron chi connectivity index (χ2n) is 4.46. The first-order valence-corrected chi connectivity index (χ1v) is 7.02. The molecule has 1 amide bonds. The van der Waals surface area contributed by atoms with Crippen LogP contribution in [0.5, 0.6) is 5.75 Å². The monoisotopic (exact) mass is 324 g/mol. The van der Waals surface area contributed by atoms with Gasteiger partial charge in [-0.05, 0) is 30.7 Å². The Balaban J connectivity index is 2.12. The van der Waals surface area contributed by atoms with Crippen LogP contribution >= 0.6 is 23.2 Å². The van der Waals surface area contributed by atoms with Crippen LogP contribution in [0.3, 0.4) is 0 Å². The Kier molecular flexibility index (Phi) is 5.04. The highest BCUT2D eigenvalue weighted by Crippen LogP contribution is 2.21. The molecular formula is C15H14Cl2N2O2. The fraction of sp³-hybridized carbons (Fsp3) is 0.200. The van der Waals surface area contributed by atoms with Crippen molar-refractivity contribution in [2.45, 2.75) is 13.0 Å². The molecule has 1 aromatic carbocycles. The number of hydrogen-bond acceptors (Lipinski definition) is 3. The molecule has 0 saturated carbocycles. The van der Waals surface area contributed by atoms with E-state index in [4.69, 9.17) is 27.9 Å². The number of benzene rings is 1. The molecule has 0 radical (unpaired) electrons. The number of halogens is 2. The summed E-state index contributed by atoms with van der Waals surface area (Å²) in [7, 11) is 1.61. The van der Waals surface area contributed by atoms with Gasteiger partial charge in [-0.25, -0.2) is 4.98 Å². The van der Waals surface area contributed by atoms with Crippen LogP contribution in [-0.4, -0.2) is 18.0 Å². The van der Waals surface area contributed by atoms with Crippen LogP contribution in [0.15, 0.2) is 36.5 Å². The van der Waals surface area contributed by atoms with Crippen molar-refractivity contribution < 1.29 is 9.53 Å². The summed E-state index contributed by atoms with van der Waals surface area (Å²) in [4.78, 5) is 16.0. The van der Waals surface area contributed by atoms with Gasteiger partial charge in [0.2, 0.25) is 0 Å². The van der Waals surface area contributed by atoms with Crippen molar-refractivity contribution >= 4 is 29.1 Å². The Labute approximate surface area is 133 Å². The number of pyridine rings is 1. The predicted octanol–water partition coefficient (Wildman–Crippen LogP) is 3.89. The van der Waals surface area contributed by atoms with Gasteiger partial charge < -0.3 is 10.1 Å². The first-order chi connectivity index (χ1) is 10.0. The molecule has 2 rings (SSSR count). The van der Waals surface area contributed by atoms with E-state index < -0.39 is 0 Å². The smallest absolute Gasteiger partial charge is 0.253 e. The Morgan fingerprint density at radius 2 is 1.95 bits per heavy atom. The van der Waals surface area contributed by atoms with Crippen LogP contribution in [0.2, 0.25) is 10.2 Å². The number of aromatic nitrogens is 1. The first kappa shape index (κ1) is 15.6. The summed E-state index contributed by atoms with van der Waals surface area (Å²) >= 11 is 11.7. The number of ether oxygens (including phenoxy) is 1. The second-order valence-corrected chi connectivity index (χ2v) is 5.25. The number of amides is 1. The van der Waals surface area contributed by atoms with Crippen LogP contribution in [-0.2, 0) is 0 Å². The fourth-order valence-corrected chi connectivity index (χ4v) is 2.18. The number of hydrogen-bond donors (Lipinski definition) is 1. The number of carbonyl (C=O) groups excluding carboxylic acids is 1. The van der Waals surface area contributed by atoms with Gasteiger partial charge in [0, 0.05) is 6.20 Å². The third-order valence-corrected chi connectivity index (χ3v) is 3.54. The number of rotatable bonds is 4. The zero-order valence-corrected chi connectivity index (χ0v) is 13.1. The summed E-state index contributed by atoms with van der Waals surface area (Å²) in [5.74, 6) is 0.467. The van der Waals surface area contributed by atoms with Crippen LogP contribution in [0.25, 0.3) is 0 Å². The molecule has 0 bridgehead atoms. The van der Waals surface area contributed by atoms with Gasteiger partial charge in [0.25, 0.3) is 5.91 Å². The summed E-state index contributed by atoms with van der Waals surface area (Å²) in [6.45, 7) is 1.89. The molecule has 1 aromatic heterocycles. The molecule has 1 unspecified atom stereocenters. The predicted molar refractivity (Wildman–Crippen MR) is 83.1 cm³/mol. The minimum Gasteiger partial charge on any atom is -0.497 e. The number of methoxy groups -OCH3 is 1. The lowest BCUT2D eigenvalue weighted by molar-refractivity contribution is 0.0940. The zero-order chi connectivity index (χ0) is 15.4. The molecule has 1 heterocycles. The molecule has 1 N–H and O–H groups in total. The van der Waals surface area contributed by atoms with Gasteiger partial charge in [0.15, 0.2) is 0 Å². The molecule has 2 aromatic rings. The maximum atomic E-state index is 12.2. The van der Waals surface area contributed by atoms with E-state index in [1.165, 1.54) is 12.3 Å². The third-order valence-electron chi connectivity index (χ3n) is 3.03. The Bertz CT molecular complexity index is 645. The van der Waals surface area contributed by atoms with E-state index in [1.54, 1.807) is 7.11 Å². The quantitative estimate of drug-likeness (QED) is 0.868. The van der Waals surface area contributed by atoms with E-state index in [1.807, 2.05) is 31.2 Å². The maximum absolute atomic E-state index is 12.2. The van der Waals surface area contributed by atoms with E-state index in [0.29, 0.717) is 5.56 Å². The maximum Gasteiger partial charge on any atom is 0.253 e. The molecule has 0 fully saturated rings. The lowest BCUT2D eigenvalue weighted by Crippen LogP contribution is -2.27. The van der Waals surface area contributed by atoms with Gasteiger partial charge in [0.1, 0.15) is 10.9 Å². The molecule has 0 aliphatic rings. The molecule has 6 heteroatoms. The van der Waals surface area contributed by atoms with Gasteiger partial charge >= 0.3 is 0 Å². The number of nitrogens with one attached hydrogen (secondary N) is 1. The molecule has 21 heavy (non-hydrogen) atoms. The lowest BCUT2D eigenvalue weighted by Gasteiger charge is -2.15. The van der Waals surface area contributed by atoms with E-state index in [9.17, 15) is 4.79 Å². The summed E-state index contributed by atoms with van der Waals surface area (Å²) in [5, 5.41) is 3.35. The standard InChI is InChI=1S/C15H14Cl2N2O2/c1-9(10-3-5-11(21-2)6-4-10)19-15(20)12-7-14(17)18-8-13(12)16/h3-9H,1-2H3,(H,19,20). The summed E-state index contributed by atoms with van der Waals surface area (Å²) in [6, 6.07) is 8.74. The van der Waals surface area contributed by atoms with Crippen LogP contribution < -0.4 is 10.1 Å². The molecule has 0 aliphatic heterocycles. The van der Waals surface area contributed by atoms with Crippen molar-refractivity contribution in [3.05, 3.63) is 57.8 Å². The van der Waals surface area contributed by atoms with Crippen LogP contribution in [0.4, 0.5) is 0 Å². The van der Waals surface area contributed by atoms with E-state index in [2.05, 4.69) is 10.3 Å². The first-order valence-electron chi connectivity index (χ1n) is 6.27. The highest BCUT2D eigenvalue weighted by molar-refractivity contribution is 6.35. The van der Waals surface area contributed by atoms with E-state index >= 15 is 0 Å². The van der Waals surface area contributed by atoms with Crippen LogP contribution in [0, 0.1) is 0 Å². The lowest BCUT2D eigenvalue weighted by atomic mass is 10.1. The van der Waals surface area contributed by atoms with Gasteiger partial charge in [-0.15, -0.1) is 0 Å². The van der Waals surface area contributed by atoms with Crippen molar-refractivity contribution in [2.75, 3.05) is 7.11 Å². The molecule has 0 saturated heterocycles. The van der Waals surface area contributed by atoms with E-state index in [-0.39, 0.29) is 22.1 Å². The van der Waals surface area contributed by atoms with Gasteiger partial charge in [-0.3, -0.25) is 4.79 Å². The van der Waals surface area contributed by atoms with E-state index in [0.717, 1.165) is 11.3 Å². The summed E-state index contributed by atoms with van der Waals surface area (Å²) in [6.07, 6.45) is 1.36. The van der Waals surface area contributed by atoms with Crippen molar-refractivity contribution in [1.29, 1.82) is 0 Å². The molecule has 0 aliphatic carbocycles. The SMILES string of the molecule is COc1ccc(C(C)NC(=O)c2cc(Cl)ncc2Cl)cc1. The summed E-state index contributed by atoms with van der Waals surface area (Å²) < 4.78 is 5.10. The molecule has 110 valence electrons. The fourth-order valence-electron chi connectivity index (χ4n) is 1.84. The van der Waals surface area contributed by atoms with Crippen molar-refractivity contribution in [2.24, 2.45) is 0 Å². The number of nitrogens with zero attached hydrogens (tertiary/aromatic N) is 1. The van der Waals surface area contributed by atoms with Crippen molar-refractivity contribution in [3.8, 4) is 5.75 Å². The Morgan fingerprint density at radius 3 is 2.57 bits per heavy atom. The van der Waals surface area contributed by atoms with Crippen molar-refractivity contribution in [1.82, 2.24) is 10.3 Å². The Morgan fingerprint density at radius 1 is 1.29 bits per heavy atom. The minimum absolute atomic E-state index is 0.175. The normalized spacial score (nSPS) is 11.8. The highest BCUT2D eigenvalue weighted by Gasteiger charge is 2.15. The Hall–Kier alpha value is -1.78. The largest absolute Gasteiger partial charge is 0.497 e. The average Bonchev–Trinajstić information content (AvgIpc) is 2.49. The minimum atomic E-state index is -0.299. The number of carbonyl (C=O) groups is 1. The average molecular weight is 325 g/mol. The van der Waals surface area contributed by atoms with Gasteiger partial charge in [-0.1, -0.05) is 35.3 Å². The third kappa shape index (κ3) is 3.86. The van der Waals surface area contributed by atoms with Gasteiger partial charge in [0.05, 0.1) is 23.7 Å². The van der Waals surface area contributed by atoms with Crippen LogP contribution in [0.1, 0.15) is 28.9 Å². The zero-order valence-electron chi connectivity index (χ0n) is 11.6. The molecular weight excluding hydrogens is 311 g/mol.